The minimum Gasteiger partial charge on any atom is -0.486 e. The second kappa shape index (κ2) is 5.50. The van der Waals surface area contributed by atoms with Gasteiger partial charge in [0, 0.05) is 16.0 Å². The van der Waals surface area contributed by atoms with Gasteiger partial charge < -0.3 is 9.47 Å². The van der Waals surface area contributed by atoms with Crippen molar-refractivity contribution in [3.8, 4) is 11.5 Å². The van der Waals surface area contributed by atoms with E-state index in [4.69, 9.17) is 9.47 Å². The Hall–Kier alpha value is -1.08. The zero-order valence-electron chi connectivity index (χ0n) is 9.97. The Morgan fingerprint density at radius 2 is 1.95 bits per heavy atom. The van der Waals surface area contributed by atoms with Gasteiger partial charge in [0.15, 0.2) is 11.5 Å². The van der Waals surface area contributed by atoms with E-state index in [9.17, 15) is 0 Å². The molecule has 19 heavy (non-hydrogen) atoms. The molecule has 2 heterocycles. The molecule has 0 fully saturated rings. The normalized spacial score (nSPS) is 13.6. The summed E-state index contributed by atoms with van der Waals surface area (Å²) in [6, 6.07) is 3.92. The summed E-state index contributed by atoms with van der Waals surface area (Å²) >= 11 is 6.91. The lowest BCUT2D eigenvalue weighted by Gasteiger charge is -2.19. The van der Waals surface area contributed by atoms with E-state index in [1.165, 1.54) is 0 Å². The molecule has 3 rings (SSSR count). The summed E-state index contributed by atoms with van der Waals surface area (Å²) in [6.07, 6.45) is 1.91. The van der Waals surface area contributed by atoms with Gasteiger partial charge in [0.05, 0.1) is 12.2 Å². The van der Waals surface area contributed by atoms with E-state index < -0.39 is 0 Å². The van der Waals surface area contributed by atoms with E-state index in [2.05, 4.69) is 42.2 Å². The molecule has 0 saturated heterocycles. The van der Waals surface area contributed by atoms with Crippen molar-refractivity contribution in [3.63, 3.8) is 0 Å². The number of aromatic nitrogens is 3. The maximum atomic E-state index is 5.58. The van der Waals surface area contributed by atoms with E-state index in [1.54, 1.807) is 4.68 Å². The molecular formula is C12H11Br2N3O2. The molecule has 0 atom stereocenters. The molecule has 0 aliphatic carbocycles. The molecule has 0 unspecified atom stereocenters. The highest BCUT2D eigenvalue weighted by Gasteiger charge is 2.15. The number of alkyl halides is 1. The van der Waals surface area contributed by atoms with Crippen LogP contribution in [0.1, 0.15) is 11.3 Å². The molecule has 2 aromatic rings. The molecule has 1 aliphatic heterocycles. The molecule has 0 radical (unpaired) electrons. The fraction of sp³-hybridized carbons (Fsp3) is 0.333. The molecule has 7 heteroatoms. The number of halogens is 2. The Morgan fingerprint density at radius 3 is 2.63 bits per heavy atom. The zero-order valence-corrected chi connectivity index (χ0v) is 13.1. The Kier molecular flexibility index (Phi) is 3.74. The van der Waals surface area contributed by atoms with Crippen molar-refractivity contribution in [2.45, 2.75) is 11.9 Å². The van der Waals surface area contributed by atoms with Gasteiger partial charge in [0.25, 0.3) is 0 Å². The zero-order chi connectivity index (χ0) is 13.2. The van der Waals surface area contributed by atoms with Crippen LogP contribution in [0.5, 0.6) is 11.5 Å². The van der Waals surface area contributed by atoms with Gasteiger partial charge in [-0.3, -0.25) is 0 Å². The van der Waals surface area contributed by atoms with Crippen LogP contribution in [-0.4, -0.2) is 28.2 Å². The SMILES string of the molecule is BrCc1cn(Cc2cc3c(cc2Br)OCCO3)nn1. The van der Waals surface area contributed by atoms with Gasteiger partial charge in [-0.25, -0.2) is 4.68 Å². The molecule has 0 N–H and O–H groups in total. The number of fused-ring (bicyclic) bond motifs is 1. The average Bonchev–Trinajstić information content (AvgIpc) is 2.87. The Labute approximate surface area is 127 Å². The number of nitrogens with zero attached hydrogens (tertiary/aromatic N) is 3. The van der Waals surface area contributed by atoms with Crippen LogP contribution in [0.2, 0.25) is 0 Å². The summed E-state index contributed by atoms with van der Waals surface area (Å²) in [4.78, 5) is 0. The Bertz CT molecular complexity index is 601. The van der Waals surface area contributed by atoms with E-state index in [0.29, 0.717) is 25.1 Å². The standard InChI is InChI=1S/C12H11Br2N3O2/c13-5-9-7-17(16-15-9)6-8-3-11-12(4-10(8)14)19-2-1-18-11/h3-4,7H,1-2,5-6H2. The molecule has 5 nitrogen and oxygen atoms in total. The highest BCUT2D eigenvalue weighted by molar-refractivity contribution is 9.10. The quantitative estimate of drug-likeness (QED) is 0.758. The first kappa shape index (κ1) is 12.9. The molecule has 1 aliphatic rings. The second-order valence-corrected chi connectivity index (χ2v) is 5.54. The fourth-order valence-corrected chi connectivity index (χ4v) is 2.58. The monoisotopic (exact) mass is 387 g/mol. The summed E-state index contributed by atoms with van der Waals surface area (Å²) < 4.78 is 13.9. The molecule has 0 bridgehead atoms. The highest BCUT2D eigenvalue weighted by Crippen LogP contribution is 2.35. The third kappa shape index (κ3) is 2.76. The van der Waals surface area contributed by atoms with E-state index >= 15 is 0 Å². The van der Waals surface area contributed by atoms with Gasteiger partial charge in [0.1, 0.15) is 13.2 Å². The van der Waals surface area contributed by atoms with Crippen LogP contribution in [-0.2, 0) is 11.9 Å². The smallest absolute Gasteiger partial charge is 0.162 e. The van der Waals surface area contributed by atoms with Crippen molar-refractivity contribution in [2.75, 3.05) is 13.2 Å². The van der Waals surface area contributed by atoms with Crippen LogP contribution < -0.4 is 9.47 Å². The van der Waals surface area contributed by atoms with Crippen molar-refractivity contribution in [2.24, 2.45) is 0 Å². The topological polar surface area (TPSA) is 49.2 Å². The van der Waals surface area contributed by atoms with Gasteiger partial charge in [-0.1, -0.05) is 37.1 Å². The largest absolute Gasteiger partial charge is 0.486 e. The minimum atomic E-state index is 0.588. The minimum absolute atomic E-state index is 0.588. The van der Waals surface area contributed by atoms with Crippen LogP contribution in [0.15, 0.2) is 22.8 Å². The summed E-state index contributed by atoms with van der Waals surface area (Å²) in [6.45, 7) is 1.82. The molecule has 0 saturated carbocycles. The average molecular weight is 389 g/mol. The third-order valence-electron chi connectivity index (χ3n) is 2.77. The van der Waals surface area contributed by atoms with Crippen molar-refractivity contribution in [1.29, 1.82) is 0 Å². The first-order valence-electron chi connectivity index (χ1n) is 5.79. The molecular weight excluding hydrogens is 378 g/mol. The van der Waals surface area contributed by atoms with Crippen LogP contribution in [0, 0.1) is 0 Å². The van der Waals surface area contributed by atoms with Crippen LogP contribution in [0.25, 0.3) is 0 Å². The van der Waals surface area contributed by atoms with E-state index in [0.717, 1.165) is 27.2 Å². The number of rotatable bonds is 3. The molecule has 0 spiro atoms. The maximum absolute atomic E-state index is 5.58. The van der Waals surface area contributed by atoms with Crippen molar-refractivity contribution < 1.29 is 9.47 Å². The van der Waals surface area contributed by atoms with Gasteiger partial charge in [-0.05, 0) is 17.7 Å². The van der Waals surface area contributed by atoms with Gasteiger partial charge >= 0.3 is 0 Å². The highest BCUT2D eigenvalue weighted by atomic mass is 79.9. The Balaban J connectivity index is 1.87. The predicted octanol–water partition coefficient (Wildman–Crippen LogP) is 2.76. The molecule has 100 valence electrons. The van der Waals surface area contributed by atoms with Crippen LogP contribution in [0.3, 0.4) is 0 Å². The second-order valence-electron chi connectivity index (χ2n) is 4.13. The molecule has 0 amide bonds. The number of hydrogen-bond acceptors (Lipinski definition) is 4. The molecule has 1 aromatic heterocycles. The van der Waals surface area contributed by atoms with Gasteiger partial charge in [-0.2, -0.15) is 0 Å². The van der Waals surface area contributed by atoms with Crippen molar-refractivity contribution >= 4 is 31.9 Å². The number of hydrogen-bond donors (Lipinski definition) is 0. The lowest BCUT2D eigenvalue weighted by molar-refractivity contribution is 0.171. The van der Waals surface area contributed by atoms with E-state index in [-0.39, 0.29) is 0 Å². The van der Waals surface area contributed by atoms with Crippen molar-refractivity contribution in [1.82, 2.24) is 15.0 Å². The summed E-state index contributed by atoms with van der Waals surface area (Å²) in [5, 5.41) is 8.83. The van der Waals surface area contributed by atoms with Crippen molar-refractivity contribution in [3.05, 3.63) is 34.1 Å². The molecule has 1 aromatic carbocycles. The van der Waals surface area contributed by atoms with E-state index in [1.807, 2.05) is 18.3 Å². The first-order valence-corrected chi connectivity index (χ1v) is 7.70. The number of ether oxygens (including phenoxy) is 2. The lowest BCUT2D eigenvalue weighted by Crippen LogP contribution is -2.16. The Morgan fingerprint density at radius 1 is 1.21 bits per heavy atom. The summed E-state index contributed by atoms with van der Waals surface area (Å²) in [5.74, 6) is 1.56. The predicted molar refractivity (Wildman–Crippen MR) is 76.9 cm³/mol. The third-order valence-corrected chi connectivity index (χ3v) is 4.08. The lowest BCUT2D eigenvalue weighted by atomic mass is 10.2. The van der Waals surface area contributed by atoms with Gasteiger partial charge in [0.2, 0.25) is 0 Å². The summed E-state index contributed by atoms with van der Waals surface area (Å²) in [5.41, 5.74) is 1.99. The van der Waals surface area contributed by atoms with Crippen LogP contribution in [0.4, 0.5) is 0 Å². The maximum Gasteiger partial charge on any atom is 0.162 e. The summed E-state index contributed by atoms with van der Waals surface area (Å²) in [7, 11) is 0. The first-order chi connectivity index (χ1) is 9.26. The fourth-order valence-electron chi connectivity index (χ4n) is 1.88. The number of benzene rings is 1. The van der Waals surface area contributed by atoms with Crippen LogP contribution >= 0.6 is 31.9 Å². The van der Waals surface area contributed by atoms with Gasteiger partial charge in [-0.15, -0.1) is 5.10 Å².